The molecule has 0 aliphatic rings. The van der Waals surface area contributed by atoms with Gasteiger partial charge in [0.25, 0.3) is 0 Å². The van der Waals surface area contributed by atoms with Gasteiger partial charge < -0.3 is 10.6 Å². The zero-order valence-electron chi connectivity index (χ0n) is 10.8. The van der Waals surface area contributed by atoms with Crippen LogP contribution in [0.15, 0.2) is 22.7 Å². The molecule has 5 heteroatoms. The Hall–Kier alpha value is -0.940. The van der Waals surface area contributed by atoms with E-state index in [9.17, 15) is 9.18 Å². The molecule has 0 fully saturated rings. The van der Waals surface area contributed by atoms with Gasteiger partial charge in [0.05, 0.1) is 11.6 Å². The van der Waals surface area contributed by atoms with Crippen LogP contribution in [0.2, 0.25) is 0 Å². The lowest BCUT2D eigenvalue weighted by atomic mass is 9.95. The fourth-order valence-electron chi connectivity index (χ4n) is 1.67. The Balaban J connectivity index is 2.82. The Morgan fingerprint density at radius 1 is 1.44 bits per heavy atom. The molecule has 0 bridgehead atoms. The fourth-order valence-corrected chi connectivity index (χ4v) is 2.03. The van der Waals surface area contributed by atoms with Gasteiger partial charge in [-0.2, -0.15) is 0 Å². The van der Waals surface area contributed by atoms with Crippen molar-refractivity contribution < 1.29 is 9.18 Å². The highest BCUT2D eigenvalue weighted by Crippen LogP contribution is 2.21. The summed E-state index contributed by atoms with van der Waals surface area (Å²) in [5.74, 6) is -0.601. The molecule has 1 aromatic rings. The number of anilines is 1. The van der Waals surface area contributed by atoms with Crippen LogP contribution >= 0.6 is 15.9 Å². The second-order valence-electron chi connectivity index (χ2n) is 4.52. The molecule has 100 valence electrons. The van der Waals surface area contributed by atoms with Gasteiger partial charge in [0.2, 0.25) is 5.91 Å². The van der Waals surface area contributed by atoms with E-state index in [-0.39, 0.29) is 23.4 Å². The van der Waals surface area contributed by atoms with Crippen LogP contribution in [0.25, 0.3) is 0 Å². The first-order valence-corrected chi connectivity index (χ1v) is 6.65. The summed E-state index contributed by atoms with van der Waals surface area (Å²) in [5, 5.41) is 5.61. The molecule has 0 heterocycles. The maximum atomic E-state index is 13.5. The van der Waals surface area contributed by atoms with Gasteiger partial charge >= 0.3 is 0 Å². The van der Waals surface area contributed by atoms with E-state index >= 15 is 0 Å². The van der Waals surface area contributed by atoms with Crippen molar-refractivity contribution >= 4 is 27.5 Å². The lowest BCUT2D eigenvalue weighted by molar-refractivity contribution is -0.121. The summed E-state index contributed by atoms with van der Waals surface area (Å²) in [7, 11) is 1.79. The van der Waals surface area contributed by atoms with Gasteiger partial charge in [-0.3, -0.25) is 4.79 Å². The van der Waals surface area contributed by atoms with Crippen molar-refractivity contribution in [1.82, 2.24) is 5.32 Å². The van der Waals surface area contributed by atoms with E-state index < -0.39 is 5.82 Å². The van der Waals surface area contributed by atoms with E-state index in [0.29, 0.717) is 6.54 Å². The Bertz CT molecular complexity index is 423. The summed E-state index contributed by atoms with van der Waals surface area (Å²) in [6.07, 6.45) is 0. The van der Waals surface area contributed by atoms with E-state index in [0.717, 1.165) is 4.47 Å². The van der Waals surface area contributed by atoms with Gasteiger partial charge in [-0.1, -0.05) is 29.8 Å². The zero-order valence-corrected chi connectivity index (χ0v) is 12.3. The molecule has 0 saturated heterocycles. The minimum Gasteiger partial charge on any atom is -0.323 e. The summed E-state index contributed by atoms with van der Waals surface area (Å²) in [6, 6.07) is 4.48. The molecule has 0 aliphatic carbocycles. The Labute approximate surface area is 115 Å². The van der Waals surface area contributed by atoms with Gasteiger partial charge in [0, 0.05) is 11.0 Å². The predicted molar refractivity (Wildman–Crippen MR) is 75.0 cm³/mol. The average Bonchev–Trinajstić information content (AvgIpc) is 2.30. The fraction of sp³-hybridized carbons (Fsp3) is 0.462. The van der Waals surface area contributed by atoms with E-state index in [4.69, 9.17) is 0 Å². The van der Waals surface area contributed by atoms with E-state index in [1.165, 1.54) is 6.07 Å². The van der Waals surface area contributed by atoms with Gasteiger partial charge in [-0.05, 0) is 31.2 Å². The summed E-state index contributed by atoms with van der Waals surface area (Å²) >= 11 is 3.25. The molecular weight excluding hydrogens is 299 g/mol. The van der Waals surface area contributed by atoms with Crippen molar-refractivity contribution in [2.45, 2.75) is 13.8 Å². The standard InChI is InChI=1S/C13H18BrFN2O/c1-8(2)10(7-16-3)13(18)17-12-6-9(14)4-5-11(12)15/h4-6,8,10,16H,7H2,1-3H3,(H,17,18). The Morgan fingerprint density at radius 2 is 2.11 bits per heavy atom. The van der Waals surface area contributed by atoms with Gasteiger partial charge in [0.1, 0.15) is 5.82 Å². The third-order valence-electron chi connectivity index (χ3n) is 2.75. The number of hydrogen-bond donors (Lipinski definition) is 2. The Morgan fingerprint density at radius 3 is 2.67 bits per heavy atom. The average molecular weight is 317 g/mol. The molecule has 0 spiro atoms. The van der Waals surface area contributed by atoms with Crippen LogP contribution in [-0.2, 0) is 4.79 Å². The van der Waals surface area contributed by atoms with Crippen molar-refractivity contribution in [3.05, 3.63) is 28.5 Å². The molecule has 1 rings (SSSR count). The molecule has 1 atom stereocenters. The van der Waals surface area contributed by atoms with Gasteiger partial charge in [-0.25, -0.2) is 4.39 Å². The van der Waals surface area contributed by atoms with Crippen molar-refractivity contribution in [2.24, 2.45) is 11.8 Å². The molecule has 0 aromatic heterocycles. The minimum absolute atomic E-state index is 0.170. The van der Waals surface area contributed by atoms with Gasteiger partial charge in [-0.15, -0.1) is 0 Å². The second-order valence-corrected chi connectivity index (χ2v) is 5.44. The molecular formula is C13H18BrFN2O. The highest BCUT2D eigenvalue weighted by Gasteiger charge is 2.22. The monoisotopic (exact) mass is 316 g/mol. The van der Waals surface area contributed by atoms with Crippen LogP contribution in [0.1, 0.15) is 13.8 Å². The number of rotatable bonds is 5. The van der Waals surface area contributed by atoms with Crippen LogP contribution in [-0.4, -0.2) is 19.5 Å². The number of hydrogen-bond acceptors (Lipinski definition) is 2. The third kappa shape index (κ3) is 4.07. The first kappa shape index (κ1) is 15.1. The minimum atomic E-state index is -0.432. The van der Waals surface area contributed by atoms with Gasteiger partial charge in [0.15, 0.2) is 0 Å². The highest BCUT2D eigenvalue weighted by molar-refractivity contribution is 9.10. The van der Waals surface area contributed by atoms with Crippen LogP contribution in [0, 0.1) is 17.7 Å². The molecule has 1 unspecified atom stereocenters. The third-order valence-corrected chi connectivity index (χ3v) is 3.25. The van der Waals surface area contributed by atoms with Crippen LogP contribution < -0.4 is 10.6 Å². The van der Waals surface area contributed by atoms with Crippen molar-refractivity contribution in [2.75, 3.05) is 18.9 Å². The zero-order chi connectivity index (χ0) is 13.7. The molecule has 3 nitrogen and oxygen atoms in total. The van der Waals surface area contributed by atoms with E-state index in [1.807, 2.05) is 13.8 Å². The smallest absolute Gasteiger partial charge is 0.229 e. The maximum absolute atomic E-state index is 13.5. The highest BCUT2D eigenvalue weighted by atomic mass is 79.9. The molecule has 0 aliphatic heterocycles. The molecule has 0 saturated carbocycles. The quantitative estimate of drug-likeness (QED) is 0.876. The van der Waals surface area contributed by atoms with Crippen molar-refractivity contribution in [1.29, 1.82) is 0 Å². The summed E-state index contributed by atoms with van der Waals surface area (Å²) in [5.41, 5.74) is 0.205. The molecule has 18 heavy (non-hydrogen) atoms. The SMILES string of the molecule is CNCC(C(=O)Nc1cc(Br)ccc1F)C(C)C. The lowest BCUT2D eigenvalue weighted by Gasteiger charge is -2.20. The number of carbonyl (C=O) groups excluding carboxylic acids is 1. The van der Waals surface area contributed by atoms with E-state index in [2.05, 4.69) is 26.6 Å². The van der Waals surface area contributed by atoms with Crippen LogP contribution in [0.5, 0.6) is 0 Å². The maximum Gasteiger partial charge on any atom is 0.229 e. The number of nitrogens with one attached hydrogen (secondary N) is 2. The summed E-state index contributed by atoms with van der Waals surface area (Å²) in [6.45, 7) is 4.51. The Kier molecular flexibility index (Phi) is 5.75. The first-order valence-electron chi connectivity index (χ1n) is 5.86. The van der Waals surface area contributed by atoms with Crippen molar-refractivity contribution in [3.63, 3.8) is 0 Å². The molecule has 0 radical (unpaired) electrons. The summed E-state index contributed by atoms with van der Waals surface area (Å²) < 4.78 is 14.3. The van der Waals surface area contributed by atoms with Crippen molar-refractivity contribution in [3.8, 4) is 0 Å². The first-order chi connectivity index (χ1) is 8.45. The predicted octanol–water partition coefficient (Wildman–Crippen LogP) is 3.02. The molecule has 2 N–H and O–H groups in total. The number of benzene rings is 1. The molecule has 1 aromatic carbocycles. The molecule has 1 amide bonds. The number of amides is 1. The normalized spacial score (nSPS) is 12.6. The summed E-state index contributed by atoms with van der Waals surface area (Å²) in [4.78, 5) is 12.1. The van der Waals surface area contributed by atoms with E-state index in [1.54, 1.807) is 19.2 Å². The largest absolute Gasteiger partial charge is 0.323 e. The van der Waals surface area contributed by atoms with Crippen LogP contribution in [0.3, 0.4) is 0 Å². The van der Waals surface area contributed by atoms with Crippen LogP contribution in [0.4, 0.5) is 10.1 Å². The number of halogens is 2. The lowest BCUT2D eigenvalue weighted by Crippen LogP contribution is -2.34. The topological polar surface area (TPSA) is 41.1 Å². The number of carbonyl (C=O) groups is 1. The second kappa shape index (κ2) is 6.85.